The second-order valence-corrected chi connectivity index (χ2v) is 6.35. The summed E-state index contributed by atoms with van der Waals surface area (Å²) in [5.41, 5.74) is 1.47. The first-order valence-electron chi connectivity index (χ1n) is 6.35. The Morgan fingerprint density at radius 1 is 1.33 bits per heavy atom. The van der Waals surface area contributed by atoms with Crippen LogP contribution >= 0.6 is 11.6 Å². The SMILES string of the molecule is CNC(Cc1cc(Cl)ccc1OC)CC(C)(C)C. The summed E-state index contributed by atoms with van der Waals surface area (Å²) in [7, 11) is 3.71. The summed E-state index contributed by atoms with van der Waals surface area (Å²) in [6.45, 7) is 6.77. The van der Waals surface area contributed by atoms with Gasteiger partial charge in [0.25, 0.3) is 0 Å². The molecule has 0 saturated carbocycles. The Morgan fingerprint density at radius 3 is 2.50 bits per heavy atom. The van der Waals surface area contributed by atoms with Crippen LogP contribution in [0.1, 0.15) is 32.8 Å². The highest BCUT2D eigenvalue weighted by atomic mass is 35.5. The molecule has 0 aromatic heterocycles. The van der Waals surface area contributed by atoms with E-state index in [1.165, 1.54) is 0 Å². The number of rotatable bonds is 5. The number of nitrogens with one attached hydrogen (secondary N) is 1. The minimum absolute atomic E-state index is 0.305. The molecule has 1 atom stereocenters. The summed E-state index contributed by atoms with van der Waals surface area (Å²) in [6, 6.07) is 6.22. The van der Waals surface area contributed by atoms with Gasteiger partial charge in [0.1, 0.15) is 5.75 Å². The Balaban J connectivity index is 2.84. The van der Waals surface area contributed by atoms with Gasteiger partial charge in [-0.05, 0) is 49.1 Å². The Kier molecular flexibility index (Phi) is 5.48. The number of benzene rings is 1. The number of methoxy groups -OCH3 is 1. The van der Waals surface area contributed by atoms with E-state index in [-0.39, 0.29) is 0 Å². The van der Waals surface area contributed by atoms with Gasteiger partial charge < -0.3 is 10.1 Å². The van der Waals surface area contributed by atoms with Gasteiger partial charge in [0.15, 0.2) is 0 Å². The highest BCUT2D eigenvalue weighted by Crippen LogP contribution is 2.27. The Labute approximate surface area is 116 Å². The zero-order valence-corrected chi connectivity index (χ0v) is 12.8. The second-order valence-electron chi connectivity index (χ2n) is 5.91. The first-order valence-corrected chi connectivity index (χ1v) is 6.73. The molecule has 0 aliphatic rings. The maximum Gasteiger partial charge on any atom is 0.122 e. The summed E-state index contributed by atoms with van der Waals surface area (Å²) < 4.78 is 5.39. The highest BCUT2D eigenvalue weighted by Gasteiger charge is 2.19. The van der Waals surface area contributed by atoms with Crippen molar-refractivity contribution in [1.29, 1.82) is 0 Å². The molecule has 1 aromatic rings. The van der Waals surface area contributed by atoms with E-state index in [0.717, 1.165) is 29.2 Å². The molecule has 1 unspecified atom stereocenters. The highest BCUT2D eigenvalue weighted by molar-refractivity contribution is 6.30. The summed E-state index contributed by atoms with van der Waals surface area (Å²) in [5, 5.41) is 4.14. The molecule has 18 heavy (non-hydrogen) atoms. The molecule has 1 aromatic carbocycles. The summed E-state index contributed by atoms with van der Waals surface area (Å²) >= 11 is 6.06. The molecule has 0 radical (unpaired) electrons. The fraction of sp³-hybridized carbons (Fsp3) is 0.600. The smallest absolute Gasteiger partial charge is 0.122 e. The van der Waals surface area contributed by atoms with E-state index >= 15 is 0 Å². The average molecular weight is 270 g/mol. The predicted octanol–water partition coefficient (Wildman–Crippen LogP) is 3.92. The molecule has 3 heteroatoms. The van der Waals surface area contributed by atoms with Crippen LogP contribution in [0.4, 0.5) is 0 Å². The molecule has 0 bridgehead atoms. The summed E-state index contributed by atoms with van der Waals surface area (Å²) in [5.74, 6) is 0.911. The lowest BCUT2D eigenvalue weighted by Crippen LogP contribution is -2.32. The fourth-order valence-corrected chi connectivity index (χ4v) is 2.38. The minimum atomic E-state index is 0.305. The Bertz CT molecular complexity index is 385. The zero-order valence-electron chi connectivity index (χ0n) is 12.0. The van der Waals surface area contributed by atoms with Crippen molar-refractivity contribution in [3.63, 3.8) is 0 Å². The summed E-state index contributed by atoms with van der Waals surface area (Å²) in [6.07, 6.45) is 2.04. The third-order valence-electron chi connectivity index (χ3n) is 2.98. The number of hydrogen-bond acceptors (Lipinski definition) is 2. The van der Waals surface area contributed by atoms with E-state index in [4.69, 9.17) is 16.3 Å². The molecule has 0 aliphatic heterocycles. The van der Waals surface area contributed by atoms with Crippen LogP contribution < -0.4 is 10.1 Å². The molecular formula is C15H24ClNO. The van der Waals surface area contributed by atoms with Crippen molar-refractivity contribution < 1.29 is 4.74 Å². The van der Waals surface area contributed by atoms with Gasteiger partial charge in [-0.3, -0.25) is 0 Å². The van der Waals surface area contributed by atoms with Crippen LogP contribution in [0.5, 0.6) is 5.75 Å². The first kappa shape index (κ1) is 15.3. The van der Waals surface area contributed by atoms with Crippen molar-refractivity contribution in [1.82, 2.24) is 5.32 Å². The van der Waals surface area contributed by atoms with Crippen LogP contribution in [0.2, 0.25) is 5.02 Å². The monoisotopic (exact) mass is 269 g/mol. The molecular weight excluding hydrogens is 246 g/mol. The molecule has 102 valence electrons. The largest absolute Gasteiger partial charge is 0.496 e. The topological polar surface area (TPSA) is 21.3 Å². The van der Waals surface area contributed by atoms with Gasteiger partial charge in [0.2, 0.25) is 0 Å². The third-order valence-corrected chi connectivity index (χ3v) is 3.21. The van der Waals surface area contributed by atoms with Crippen LogP contribution in [0.25, 0.3) is 0 Å². The summed E-state index contributed by atoms with van der Waals surface area (Å²) in [4.78, 5) is 0. The minimum Gasteiger partial charge on any atom is -0.496 e. The van der Waals surface area contributed by atoms with E-state index < -0.39 is 0 Å². The first-order chi connectivity index (χ1) is 8.35. The Hall–Kier alpha value is -0.730. The van der Waals surface area contributed by atoms with Gasteiger partial charge in [0.05, 0.1) is 7.11 Å². The third kappa shape index (κ3) is 4.87. The average Bonchev–Trinajstić information content (AvgIpc) is 2.26. The molecule has 0 spiro atoms. The zero-order chi connectivity index (χ0) is 13.8. The number of hydrogen-bond donors (Lipinski definition) is 1. The molecule has 0 amide bonds. The lowest BCUT2D eigenvalue weighted by Gasteiger charge is -2.26. The van der Waals surface area contributed by atoms with Crippen LogP contribution in [-0.4, -0.2) is 20.2 Å². The Morgan fingerprint density at radius 2 is 2.00 bits per heavy atom. The van der Waals surface area contributed by atoms with Crippen LogP contribution in [-0.2, 0) is 6.42 Å². The maximum atomic E-state index is 6.06. The van der Waals surface area contributed by atoms with E-state index in [9.17, 15) is 0 Å². The number of ether oxygens (including phenoxy) is 1. The van der Waals surface area contributed by atoms with Crippen molar-refractivity contribution in [3.8, 4) is 5.75 Å². The molecule has 0 saturated heterocycles. The molecule has 2 nitrogen and oxygen atoms in total. The number of likely N-dealkylation sites (N-methyl/N-ethyl adjacent to an activating group) is 1. The fourth-order valence-electron chi connectivity index (χ4n) is 2.19. The molecule has 0 heterocycles. The van der Waals surface area contributed by atoms with Gasteiger partial charge in [0, 0.05) is 11.1 Å². The quantitative estimate of drug-likeness (QED) is 0.875. The van der Waals surface area contributed by atoms with Gasteiger partial charge >= 0.3 is 0 Å². The molecule has 1 rings (SSSR count). The normalized spacial score (nSPS) is 13.4. The van der Waals surface area contributed by atoms with Gasteiger partial charge in [-0.25, -0.2) is 0 Å². The second kappa shape index (κ2) is 6.44. The molecule has 0 fully saturated rings. The lowest BCUT2D eigenvalue weighted by atomic mass is 9.86. The van der Waals surface area contributed by atoms with Gasteiger partial charge in [-0.2, -0.15) is 0 Å². The van der Waals surface area contributed by atoms with Gasteiger partial charge in [-0.15, -0.1) is 0 Å². The van der Waals surface area contributed by atoms with Crippen molar-refractivity contribution >= 4 is 11.6 Å². The lowest BCUT2D eigenvalue weighted by molar-refractivity contribution is 0.313. The van der Waals surface area contributed by atoms with Crippen LogP contribution in [0, 0.1) is 5.41 Å². The van der Waals surface area contributed by atoms with Crippen molar-refractivity contribution in [2.75, 3.05) is 14.2 Å². The van der Waals surface area contributed by atoms with E-state index in [1.807, 2.05) is 25.2 Å². The standard InChI is InChI=1S/C15H24ClNO/c1-15(2,3)10-13(17-4)9-11-8-12(16)6-7-14(11)18-5/h6-8,13,17H,9-10H2,1-5H3. The maximum absolute atomic E-state index is 6.06. The van der Waals surface area contributed by atoms with Gasteiger partial charge in [-0.1, -0.05) is 32.4 Å². The van der Waals surface area contributed by atoms with Crippen LogP contribution in [0.15, 0.2) is 18.2 Å². The van der Waals surface area contributed by atoms with Crippen molar-refractivity contribution in [3.05, 3.63) is 28.8 Å². The van der Waals surface area contributed by atoms with E-state index in [0.29, 0.717) is 11.5 Å². The molecule has 1 N–H and O–H groups in total. The van der Waals surface area contributed by atoms with Crippen LogP contribution in [0.3, 0.4) is 0 Å². The van der Waals surface area contributed by atoms with E-state index in [2.05, 4.69) is 26.1 Å². The van der Waals surface area contributed by atoms with E-state index in [1.54, 1.807) is 7.11 Å². The molecule has 0 aliphatic carbocycles. The van der Waals surface area contributed by atoms with Crippen molar-refractivity contribution in [2.45, 2.75) is 39.7 Å². The van der Waals surface area contributed by atoms with Crippen molar-refractivity contribution in [2.24, 2.45) is 5.41 Å². The number of halogens is 1. The predicted molar refractivity (Wildman–Crippen MR) is 78.6 cm³/mol.